The molecule has 1 aromatic heterocycles. The van der Waals surface area contributed by atoms with Crippen LogP contribution in [0.5, 0.6) is 0 Å². The van der Waals surface area contributed by atoms with Gasteiger partial charge in [-0.05, 0) is 50.5 Å². The van der Waals surface area contributed by atoms with Crippen molar-refractivity contribution < 1.29 is 4.79 Å². The van der Waals surface area contributed by atoms with Gasteiger partial charge in [0, 0.05) is 24.0 Å². The Morgan fingerprint density at radius 2 is 2.00 bits per heavy atom. The molecule has 0 saturated carbocycles. The molecule has 0 atom stereocenters. The SMILES string of the molecule is CCNC(=O)c1c(C)c2cc(CC)ccc2n1CC. The summed E-state index contributed by atoms with van der Waals surface area (Å²) in [5.41, 5.74) is 4.34. The molecule has 0 fully saturated rings. The topological polar surface area (TPSA) is 34.0 Å². The number of carbonyl (C=O) groups excluding carboxylic acids is 1. The molecule has 1 heterocycles. The zero-order chi connectivity index (χ0) is 14.0. The van der Waals surface area contributed by atoms with Crippen LogP contribution in [0.1, 0.15) is 42.4 Å². The summed E-state index contributed by atoms with van der Waals surface area (Å²) in [4.78, 5) is 12.2. The minimum Gasteiger partial charge on any atom is -0.351 e. The number of aromatic nitrogens is 1. The molecule has 0 bridgehead atoms. The predicted octanol–water partition coefficient (Wildman–Crippen LogP) is 3.28. The number of amides is 1. The molecule has 1 amide bonds. The summed E-state index contributed by atoms with van der Waals surface area (Å²) >= 11 is 0. The first-order valence-corrected chi connectivity index (χ1v) is 7.03. The van der Waals surface area contributed by atoms with E-state index in [4.69, 9.17) is 0 Å². The van der Waals surface area contributed by atoms with Crippen molar-refractivity contribution in [3.8, 4) is 0 Å². The van der Waals surface area contributed by atoms with Crippen LogP contribution in [0.4, 0.5) is 0 Å². The summed E-state index contributed by atoms with van der Waals surface area (Å²) in [6, 6.07) is 6.49. The van der Waals surface area contributed by atoms with Crippen molar-refractivity contribution in [2.24, 2.45) is 0 Å². The molecular formula is C16H22N2O. The van der Waals surface area contributed by atoms with E-state index in [9.17, 15) is 4.79 Å². The van der Waals surface area contributed by atoms with Gasteiger partial charge in [-0.3, -0.25) is 4.79 Å². The summed E-state index contributed by atoms with van der Waals surface area (Å²) in [6.45, 7) is 9.68. The zero-order valence-corrected chi connectivity index (χ0v) is 12.2. The molecule has 1 aromatic carbocycles. The Morgan fingerprint density at radius 3 is 2.58 bits per heavy atom. The highest BCUT2D eigenvalue weighted by Gasteiger charge is 2.18. The highest BCUT2D eigenvalue weighted by atomic mass is 16.1. The molecule has 3 nitrogen and oxygen atoms in total. The maximum Gasteiger partial charge on any atom is 0.268 e. The minimum absolute atomic E-state index is 0.0242. The Labute approximate surface area is 114 Å². The Kier molecular flexibility index (Phi) is 3.93. The molecule has 1 N–H and O–H groups in total. The van der Waals surface area contributed by atoms with Crippen molar-refractivity contribution in [3.05, 3.63) is 35.0 Å². The molecule has 0 radical (unpaired) electrons. The zero-order valence-electron chi connectivity index (χ0n) is 12.2. The lowest BCUT2D eigenvalue weighted by atomic mass is 10.1. The van der Waals surface area contributed by atoms with Crippen LogP contribution in [0.2, 0.25) is 0 Å². The third-order valence-electron chi connectivity index (χ3n) is 3.66. The van der Waals surface area contributed by atoms with Crippen molar-refractivity contribution >= 4 is 16.8 Å². The first kappa shape index (κ1) is 13.7. The van der Waals surface area contributed by atoms with Crippen molar-refractivity contribution in [2.45, 2.75) is 40.7 Å². The van der Waals surface area contributed by atoms with Crippen LogP contribution in [0.25, 0.3) is 10.9 Å². The molecule has 2 rings (SSSR count). The number of carbonyl (C=O) groups is 1. The molecule has 0 unspecified atom stereocenters. The van der Waals surface area contributed by atoms with Crippen LogP contribution in [0.3, 0.4) is 0 Å². The molecule has 0 saturated heterocycles. The normalized spacial score (nSPS) is 10.9. The number of nitrogens with zero attached hydrogens (tertiary/aromatic N) is 1. The summed E-state index contributed by atoms with van der Waals surface area (Å²) in [6.07, 6.45) is 1.02. The second-order valence-electron chi connectivity index (χ2n) is 4.78. The molecule has 0 aliphatic carbocycles. The second-order valence-corrected chi connectivity index (χ2v) is 4.78. The second kappa shape index (κ2) is 5.47. The lowest BCUT2D eigenvalue weighted by Gasteiger charge is -2.08. The molecule has 0 aliphatic heterocycles. The van der Waals surface area contributed by atoms with Gasteiger partial charge in [0.15, 0.2) is 0 Å². The van der Waals surface area contributed by atoms with Gasteiger partial charge in [-0.1, -0.05) is 13.0 Å². The molecular weight excluding hydrogens is 236 g/mol. The smallest absolute Gasteiger partial charge is 0.268 e. The van der Waals surface area contributed by atoms with Crippen LogP contribution >= 0.6 is 0 Å². The Morgan fingerprint density at radius 1 is 1.26 bits per heavy atom. The number of nitrogens with one attached hydrogen (secondary N) is 1. The van der Waals surface area contributed by atoms with E-state index in [1.54, 1.807) is 0 Å². The molecule has 0 spiro atoms. The highest BCUT2D eigenvalue weighted by molar-refractivity contribution is 6.01. The molecule has 0 aliphatic rings. The molecule has 102 valence electrons. The Hall–Kier alpha value is -1.77. The van der Waals surface area contributed by atoms with E-state index in [0.29, 0.717) is 6.54 Å². The van der Waals surface area contributed by atoms with Gasteiger partial charge in [0.25, 0.3) is 5.91 Å². The van der Waals surface area contributed by atoms with Gasteiger partial charge in [0.1, 0.15) is 5.69 Å². The van der Waals surface area contributed by atoms with Crippen LogP contribution < -0.4 is 5.32 Å². The third kappa shape index (κ3) is 2.25. The molecule has 3 heteroatoms. The lowest BCUT2D eigenvalue weighted by Crippen LogP contribution is -2.26. The quantitative estimate of drug-likeness (QED) is 0.897. The summed E-state index contributed by atoms with van der Waals surface area (Å²) in [5.74, 6) is 0.0242. The number of hydrogen-bond donors (Lipinski definition) is 1. The van der Waals surface area contributed by atoms with Crippen molar-refractivity contribution in [1.82, 2.24) is 9.88 Å². The van der Waals surface area contributed by atoms with Crippen LogP contribution in [0.15, 0.2) is 18.2 Å². The van der Waals surface area contributed by atoms with Crippen LogP contribution in [-0.4, -0.2) is 17.0 Å². The fraction of sp³-hybridized carbons (Fsp3) is 0.438. The van der Waals surface area contributed by atoms with E-state index < -0.39 is 0 Å². The molecule has 19 heavy (non-hydrogen) atoms. The number of hydrogen-bond acceptors (Lipinski definition) is 1. The maximum absolute atomic E-state index is 12.2. The first-order chi connectivity index (χ1) is 9.13. The lowest BCUT2D eigenvalue weighted by molar-refractivity contribution is 0.0946. The van der Waals surface area contributed by atoms with E-state index in [1.165, 1.54) is 10.9 Å². The van der Waals surface area contributed by atoms with Crippen LogP contribution in [0, 0.1) is 6.92 Å². The van der Waals surface area contributed by atoms with Crippen molar-refractivity contribution in [3.63, 3.8) is 0 Å². The number of benzene rings is 1. The van der Waals surface area contributed by atoms with Gasteiger partial charge in [-0.2, -0.15) is 0 Å². The first-order valence-electron chi connectivity index (χ1n) is 7.03. The number of aryl methyl sites for hydroxylation is 3. The van der Waals surface area contributed by atoms with E-state index in [0.717, 1.165) is 29.7 Å². The van der Waals surface area contributed by atoms with Gasteiger partial charge in [0.05, 0.1) is 0 Å². The van der Waals surface area contributed by atoms with Crippen LogP contribution in [-0.2, 0) is 13.0 Å². The number of rotatable bonds is 4. The summed E-state index contributed by atoms with van der Waals surface area (Å²) < 4.78 is 2.11. The largest absolute Gasteiger partial charge is 0.351 e. The number of fused-ring (bicyclic) bond motifs is 1. The standard InChI is InChI=1S/C16H22N2O/c1-5-12-8-9-14-13(10-12)11(4)15(18(14)7-3)16(19)17-6-2/h8-10H,5-7H2,1-4H3,(H,17,19). The maximum atomic E-state index is 12.2. The van der Waals surface area contributed by atoms with Gasteiger partial charge in [0.2, 0.25) is 0 Å². The minimum atomic E-state index is 0.0242. The van der Waals surface area contributed by atoms with Gasteiger partial charge < -0.3 is 9.88 Å². The van der Waals surface area contributed by atoms with Crippen molar-refractivity contribution in [1.29, 1.82) is 0 Å². The fourth-order valence-corrected chi connectivity index (χ4v) is 2.65. The predicted molar refractivity (Wildman–Crippen MR) is 79.7 cm³/mol. The van der Waals surface area contributed by atoms with Gasteiger partial charge >= 0.3 is 0 Å². The summed E-state index contributed by atoms with van der Waals surface area (Å²) in [5, 5.41) is 4.10. The van der Waals surface area contributed by atoms with E-state index in [-0.39, 0.29) is 5.91 Å². The monoisotopic (exact) mass is 258 g/mol. The van der Waals surface area contributed by atoms with Crippen molar-refractivity contribution in [2.75, 3.05) is 6.54 Å². The van der Waals surface area contributed by atoms with E-state index in [2.05, 4.69) is 41.9 Å². The average Bonchev–Trinajstić information content (AvgIpc) is 2.71. The Balaban J connectivity index is 2.69. The summed E-state index contributed by atoms with van der Waals surface area (Å²) in [7, 11) is 0. The Bertz CT molecular complexity index is 611. The average molecular weight is 258 g/mol. The van der Waals surface area contributed by atoms with E-state index in [1.807, 2.05) is 13.8 Å². The highest BCUT2D eigenvalue weighted by Crippen LogP contribution is 2.27. The third-order valence-corrected chi connectivity index (χ3v) is 3.66. The van der Waals surface area contributed by atoms with Gasteiger partial charge in [-0.15, -0.1) is 0 Å². The van der Waals surface area contributed by atoms with Gasteiger partial charge in [-0.25, -0.2) is 0 Å². The fourth-order valence-electron chi connectivity index (χ4n) is 2.65. The molecule has 2 aromatic rings. The van der Waals surface area contributed by atoms with E-state index >= 15 is 0 Å².